The molecule has 0 radical (unpaired) electrons. The molecule has 2 saturated heterocycles. The highest BCUT2D eigenvalue weighted by atomic mass is 16.6. The zero-order chi connectivity index (χ0) is 47.4. The summed E-state index contributed by atoms with van der Waals surface area (Å²) in [5, 5.41) is 17.9. The van der Waals surface area contributed by atoms with Gasteiger partial charge < -0.3 is 49.1 Å². The SMILES string of the molecule is COCC1CC(c2nc(-c3ccc4c(c3)COc3cc5c(ccc6[nH]c(C7CCC(C)N7C(=O)C(NC(O)OC)C(C)C)nc65)cc3-4)c(C3CC3)[nH]2)N(C(=O)C(NC(=O)OC)c2ccccc2)C1. The van der Waals surface area contributed by atoms with Crippen molar-refractivity contribution in [2.75, 3.05) is 34.5 Å². The van der Waals surface area contributed by atoms with Crippen LogP contribution in [0, 0.1) is 11.8 Å². The summed E-state index contributed by atoms with van der Waals surface area (Å²) in [6, 6.07) is 21.9. The van der Waals surface area contributed by atoms with E-state index in [4.69, 9.17) is 28.9 Å². The monoisotopic (exact) mass is 924 g/mol. The van der Waals surface area contributed by atoms with Crippen molar-refractivity contribution in [3.8, 4) is 28.1 Å². The van der Waals surface area contributed by atoms with Crippen LogP contribution in [0.3, 0.4) is 0 Å². The number of aliphatic hydroxyl groups is 1. The number of aliphatic hydroxyl groups excluding tert-OH is 1. The minimum absolute atomic E-state index is 0.00445. The summed E-state index contributed by atoms with van der Waals surface area (Å²) in [6.07, 6.45) is 2.42. The molecule has 5 heterocycles. The molecular weight excluding hydrogens is 865 g/mol. The fourth-order valence-corrected chi connectivity index (χ4v) is 10.7. The molecule has 356 valence electrons. The Balaban J connectivity index is 0.945. The molecule has 2 aromatic heterocycles. The minimum Gasteiger partial charge on any atom is -0.488 e. The lowest BCUT2D eigenvalue weighted by molar-refractivity contribution is -0.146. The van der Waals surface area contributed by atoms with Gasteiger partial charge in [-0.2, -0.15) is 0 Å². The van der Waals surface area contributed by atoms with Gasteiger partial charge in [0.2, 0.25) is 12.3 Å². The molecule has 5 N–H and O–H groups in total. The molecule has 10 rings (SSSR count). The Kier molecular flexibility index (Phi) is 12.5. The summed E-state index contributed by atoms with van der Waals surface area (Å²) in [7, 11) is 4.36. The van der Waals surface area contributed by atoms with Crippen LogP contribution in [-0.4, -0.2) is 106 Å². The fraction of sp³-hybridized carbons (Fsp3) is 0.442. The molecule has 3 fully saturated rings. The van der Waals surface area contributed by atoms with Crippen LogP contribution in [0.15, 0.2) is 72.8 Å². The number of carbonyl (C=O) groups is 3. The van der Waals surface area contributed by atoms with Crippen LogP contribution >= 0.6 is 0 Å². The van der Waals surface area contributed by atoms with Crippen molar-refractivity contribution in [1.29, 1.82) is 0 Å². The molecule has 16 heteroatoms. The lowest BCUT2D eigenvalue weighted by Crippen LogP contribution is -2.54. The molecule has 4 aliphatic rings. The zero-order valence-corrected chi connectivity index (χ0v) is 39.4. The third-order valence-corrected chi connectivity index (χ3v) is 14.3. The molecule has 1 aliphatic carbocycles. The smallest absolute Gasteiger partial charge is 0.407 e. The second-order valence-electron chi connectivity index (χ2n) is 19.2. The fourth-order valence-electron chi connectivity index (χ4n) is 10.7. The number of fused-ring (bicyclic) bond motifs is 6. The van der Waals surface area contributed by atoms with Crippen LogP contribution in [0.5, 0.6) is 5.75 Å². The molecule has 16 nitrogen and oxygen atoms in total. The number of nitrogens with one attached hydrogen (secondary N) is 4. The first kappa shape index (κ1) is 45.5. The van der Waals surface area contributed by atoms with Crippen molar-refractivity contribution in [3.05, 3.63) is 101 Å². The molecule has 0 spiro atoms. The minimum atomic E-state index is -1.25. The summed E-state index contributed by atoms with van der Waals surface area (Å²) in [5.41, 5.74) is 8.42. The van der Waals surface area contributed by atoms with E-state index in [0.29, 0.717) is 37.7 Å². The number of nitrogens with zero attached hydrogens (tertiary/aromatic N) is 4. The average Bonchev–Trinajstić information content (AvgIpc) is 3.63. The number of benzene rings is 4. The number of hydrogen-bond acceptors (Lipinski definition) is 11. The van der Waals surface area contributed by atoms with Crippen LogP contribution in [0.1, 0.15) is 105 Å². The largest absolute Gasteiger partial charge is 0.488 e. The molecule has 1 saturated carbocycles. The van der Waals surface area contributed by atoms with E-state index in [1.165, 1.54) is 14.2 Å². The maximum Gasteiger partial charge on any atom is 0.407 e. The summed E-state index contributed by atoms with van der Waals surface area (Å²) in [4.78, 5) is 62.7. The molecular formula is C52H60N8O8. The Morgan fingerprint density at radius 1 is 0.897 bits per heavy atom. The number of aromatic nitrogens is 4. The number of amides is 3. The number of imidazole rings is 2. The first-order valence-corrected chi connectivity index (χ1v) is 23.7. The van der Waals surface area contributed by atoms with Crippen LogP contribution < -0.4 is 15.4 Å². The number of rotatable bonds is 14. The Morgan fingerprint density at radius 2 is 1.69 bits per heavy atom. The predicted molar refractivity (Wildman–Crippen MR) is 255 cm³/mol. The molecule has 7 unspecified atom stereocenters. The van der Waals surface area contributed by atoms with Gasteiger partial charge in [-0.25, -0.2) is 14.8 Å². The number of hydrogen-bond donors (Lipinski definition) is 5. The van der Waals surface area contributed by atoms with E-state index in [0.717, 1.165) is 98.5 Å². The van der Waals surface area contributed by atoms with Crippen molar-refractivity contribution < 1.29 is 38.4 Å². The van der Waals surface area contributed by atoms with Crippen molar-refractivity contribution in [3.63, 3.8) is 0 Å². The maximum absolute atomic E-state index is 14.6. The van der Waals surface area contributed by atoms with Gasteiger partial charge in [0.15, 0.2) is 0 Å². The number of likely N-dealkylation sites (tertiary alicyclic amines) is 2. The van der Waals surface area contributed by atoms with E-state index in [1.807, 2.05) is 54.0 Å². The molecule has 0 bridgehead atoms. The molecule has 4 aromatic carbocycles. The Hall–Kier alpha value is -6.33. The first-order chi connectivity index (χ1) is 32.9. The topological polar surface area (TPSA) is 196 Å². The Labute approximate surface area is 395 Å². The first-order valence-electron chi connectivity index (χ1n) is 23.7. The van der Waals surface area contributed by atoms with Gasteiger partial charge in [-0.05, 0) is 91.3 Å². The number of methoxy groups -OCH3 is 3. The summed E-state index contributed by atoms with van der Waals surface area (Å²) >= 11 is 0. The van der Waals surface area contributed by atoms with Gasteiger partial charge in [0.25, 0.3) is 5.91 Å². The van der Waals surface area contributed by atoms with Crippen molar-refractivity contribution in [2.45, 2.75) is 102 Å². The summed E-state index contributed by atoms with van der Waals surface area (Å²) in [6.45, 7) is 7.28. The molecule has 68 heavy (non-hydrogen) atoms. The predicted octanol–water partition coefficient (Wildman–Crippen LogP) is 7.76. The van der Waals surface area contributed by atoms with E-state index in [-0.39, 0.29) is 41.8 Å². The molecule has 3 aliphatic heterocycles. The normalized spacial score (nSPS) is 21.4. The quantitative estimate of drug-likeness (QED) is 0.0670. The van der Waals surface area contributed by atoms with Gasteiger partial charge in [0, 0.05) is 60.8 Å². The highest BCUT2D eigenvalue weighted by Gasteiger charge is 2.44. The van der Waals surface area contributed by atoms with Crippen molar-refractivity contribution >= 4 is 39.7 Å². The Morgan fingerprint density at radius 3 is 2.43 bits per heavy atom. The van der Waals surface area contributed by atoms with E-state index >= 15 is 0 Å². The lowest BCUT2D eigenvalue weighted by atomic mass is 9.92. The van der Waals surface area contributed by atoms with E-state index in [1.54, 1.807) is 7.11 Å². The van der Waals surface area contributed by atoms with Crippen LogP contribution in [0.2, 0.25) is 0 Å². The number of H-pyrrole nitrogens is 2. The standard InChI is InChI=1S/C52H60N8O8/c1-27(2)42(57-51(63)66-5)50(62)60-28(3)12-19-39(60)47-53-38-18-16-32-22-37-35-17-15-33(21-34(35)26-68-41(37)23-36(32)46(38)56-47)44-43(31-13-14-31)54-48(55-44)40-20-29(25-65-4)24-59(40)49(61)45(58-52(64)67-6)30-10-8-7-9-11-30/h7-11,15-18,21-23,27-29,31,39-40,42,45,51,57,63H,12-14,19-20,24-26H2,1-6H3,(H,53,56)(H,54,55)(H,58,64). The van der Waals surface area contributed by atoms with Gasteiger partial charge >= 0.3 is 6.09 Å². The maximum atomic E-state index is 14.6. The van der Waals surface area contributed by atoms with Gasteiger partial charge in [0.05, 0.1) is 48.6 Å². The highest BCUT2D eigenvalue weighted by molar-refractivity contribution is 6.07. The molecule has 7 atom stereocenters. The van der Waals surface area contributed by atoms with Gasteiger partial charge in [-0.15, -0.1) is 0 Å². The van der Waals surface area contributed by atoms with Crippen molar-refractivity contribution in [1.82, 2.24) is 40.4 Å². The summed E-state index contributed by atoms with van der Waals surface area (Å²) in [5.74, 6) is 2.23. The van der Waals surface area contributed by atoms with Crippen molar-refractivity contribution in [2.24, 2.45) is 11.8 Å². The van der Waals surface area contributed by atoms with Gasteiger partial charge in [-0.1, -0.05) is 62.4 Å². The number of ether oxygens (including phenoxy) is 4. The van der Waals surface area contributed by atoms with E-state index in [2.05, 4.69) is 70.0 Å². The van der Waals surface area contributed by atoms with Crippen LogP contribution in [0.4, 0.5) is 4.79 Å². The number of alkyl carbamates (subject to hydrolysis) is 1. The second-order valence-corrected chi connectivity index (χ2v) is 19.2. The van der Waals surface area contributed by atoms with Gasteiger partial charge in [-0.3, -0.25) is 14.9 Å². The average molecular weight is 925 g/mol. The van der Waals surface area contributed by atoms with Gasteiger partial charge in [0.1, 0.15) is 30.0 Å². The third kappa shape index (κ3) is 8.48. The molecule has 6 aromatic rings. The second kappa shape index (κ2) is 18.6. The number of carbonyl (C=O) groups excluding carboxylic acids is 3. The zero-order valence-electron chi connectivity index (χ0n) is 39.4. The summed E-state index contributed by atoms with van der Waals surface area (Å²) < 4.78 is 22.1. The third-order valence-electron chi connectivity index (χ3n) is 14.3. The van der Waals surface area contributed by atoms with E-state index < -0.39 is 24.6 Å². The lowest BCUT2D eigenvalue weighted by Gasteiger charge is -2.34. The van der Waals surface area contributed by atoms with Crippen LogP contribution in [0.25, 0.3) is 44.2 Å². The number of aromatic amines is 2. The van der Waals surface area contributed by atoms with Crippen LogP contribution in [-0.2, 0) is 30.4 Å². The van der Waals surface area contributed by atoms with E-state index in [9.17, 15) is 19.5 Å². The highest BCUT2D eigenvalue weighted by Crippen LogP contribution is 2.48. The Bertz CT molecular complexity index is 2860. The molecule has 3 amide bonds.